The molecule has 0 aliphatic carbocycles. The summed E-state index contributed by atoms with van der Waals surface area (Å²) in [6, 6.07) is 8.32. The molecule has 0 radical (unpaired) electrons. The Morgan fingerprint density at radius 1 is 0.292 bits per heavy atom. The molecule has 0 aromatic heterocycles. The first-order valence-corrected chi connectivity index (χ1v) is 28.3. The minimum atomic E-state index is -5.04. The van der Waals surface area contributed by atoms with Crippen molar-refractivity contribution in [3.8, 4) is 0 Å². The van der Waals surface area contributed by atoms with Gasteiger partial charge in [-0.25, -0.2) is 20.0 Å². The van der Waals surface area contributed by atoms with Crippen molar-refractivity contribution in [2.45, 2.75) is 19.6 Å². The van der Waals surface area contributed by atoms with Gasteiger partial charge < -0.3 is 0 Å². The Kier molecular flexibility index (Phi) is 13.6. The molecule has 368 valence electrons. The fourth-order valence-corrected chi connectivity index (χ4v) is 13.6. The molecule has 0 amide bonds. The van der Waals surface area contributed by atoms with Crippen LogP contribution in [0.3, 0.4) is 0 Å². The Bertz CT molecular complexity index is 3640. The molecule has 0 spiro atoms. The molecule has 4 aromatic carbocycles. The normalized spacial score (nSPS) is 16.9. The number of fused-ring (bicyclic) bond motifs is 4. The van der Waals surface area contributed by atoms with Crippen LogP contribution in [0.15, 0.2) is 159 Å². The Hall–Kier alpha value is -4.56. The van der Waals surface area contributed by atoms with Crippen molar-refractivity contribution in [2.75, 3.05) is 0 Å². The lowest BCUT2D eigenvalue weighted by molar-refractivity contribution is 0.481. The van der Waals surface area contributed by atoms with Gasteiger partial charge in [0.1, 0.15) is 19.6 Å². The van der Waals surface area contributed by atoms with Crippen molar-refractivity contribution < 1.29 is 51.9 Å². The average molecular weight is 1210 g/mol. The SMILES string of the molecule is O=S(=O)(O)c1ccc(Cl)c(C2=C3C=CC(=N3)C(c3c(Cl)ccc(S(=O)(=O)O)c3Cl)=C3C=CC(=N3)C(c3c(Cl)ccc(S(=O)(=O)O)c3Cl)=C3C=CC(=N3)C(c3c(Cl)ccc(S(=O)(=O)O)c3Cl)=C3C=CC2=N3)c1Cl. The van der Waals surface area contributed by atoms with E-state index < -0.39 is 80.1 Å². The van der Waals surface area contributed by atoms with Crippen LogP contribution >= 0.6 is 92.8 Å². The second kappa shape index (κ2) is 18.7. The molecule has 9 rings (SSSR count). The minimum absolute atomic E-state index is 0.0898. The quantitative estimate of drug-likeness (QED) is 0.120. The van der Waals surface area contributed by atoms with E-state index in [9.17, 15) is 51.9 Å². The summed E-state index contributed by atoms with van der Waals surface area (Å²) in [5, 5.41) is -3.17. The predicted molar refractivity (Wildman–Crippen MR) is 279 cm³/mol. The van der Waals surface area contributed by atoms with Crippen molar-refractivity contribution in [3.05, 3.63) is 182 Å². The monoisotopic (exact) mass is 1200 g/mol. The molecule has 0 fully saturated rings. The maximum Gasteiger partial charge on any atom is 0.296 e. The molecule has 4 N–H and O–H groups in total. The molecule has 28 heteroatoms. The molecular formula is C44H20Cl8N4O12S4. The van der Waals surface area contributed by atoms with Crippen LogP contribution in [-0.2, 0) is 40.5 Å². The van der Waals surface area contributed by atoms with Crippen LogP contribution in [0.5, 0.6) is 0 Å². The van der Waals surface area contributed by atoms with Crippen LogP contribution in [0.2, 0.25) is 40.2 Å². The second-order valence-electron chi connectivity index (χ2n) is 15.2. The summed E-state index contributed by atoms with van der Waals surface area (Å²) < 4.78 is 142. The lowest BCUT2D eigenvalue weighted by Crippen LogP contribution is -2.08. The van der Waals surface area contributed by atoms with E-state index in [-0.39, 0.29) is 110 Å². The zero-order chi connectivity index (χ0) is 52.3. The highest BCUT2D eigenvalue weighted by atomic mass is 35.5. The molecule has 5 aliphatic heterocycles. The number of halogens is 8. The van der Waals surface area contributed by atoms with Gasteiger partial charge in [-0.1, -0.05) is 92.8 Å². The van der Waals surface area contributed by atoms with Gasteiger partial charge in [0.2, 0.25) is 0 Å². The number of hydrogen-bond acceptors (Lipinski definition) is 12. The summed E-state index contributed by atoms with van der Waals surface area (Å²) >= 11 is 54.5. The Morgan fingerprint density at radius 3 is 0.639 bits per heavy atom. The first kappa shape index (κ1) is 52.3. The molecule has 0 atom stereocenters. The molecule has 72 heavy (non-hydrogen) atoms. The summed E-state index contributed by atoms with van der Waals surface area (Å²) in [6.45, 7) is 0. The first-order chi connectivity index (χ1) is 33.6. The average Bonchev–Trinajstić information content (AvgIpc) is 4.11. The molecule has 8 bridgehead atoms. The van der Waals surface area contributed by atoms with Crippen LogP contribution < -0.4 is 0 Å². The number of nitrogens with zero attached hydrogens (tertiary/aromatic N) is 4. The first-order valence-electron chi connectivity index (χ1n) is 19.5. The van der Waals surface area contributed by atoms with Gasteiger partial charge in [-0.3, -0.25) is 18.2 Å². The highest BCUT2D eigenvalue weighted by Crippen LogP contribution is 2.48. The van der Waals surface area contributed by atoms with Gasteiger partial charge >= 0.3 is 0 Å². The topological polar surface area (TPSA) is 267 Å². The maximum atomic E-state index is 12.7. The van der Waals surface area contributed by atoms with Gasteiger partial charge in [-0.2, -0.15) is 33.7 Å². The van der Waals surface area contributed by atoms with Gasteiger partial charge in [0.15, 0.2) is 0 Å². The largest absolute Gasteiger partial charge is 0.296 e. The molecule has 5 aliphatic rings. The number of benzene rings is 4. The van der Waals surface area contributed by atoms with Gasteiger partial charge in [0, 0.05) is 44.5 Å². The van der Waals surface area contributed by atoms with E-state index >= 15 is 0 Å². The van der Waals surface area contributed by atoms with Crippen LogP contribution in [0, 0.1) is 0 Å². The zero-order valence-corrected chi connectivity index (χ0v) is 44.1. The Balaban J connectivity index is 1.50. The predicted octanol–water partition coefficient (Wildman–Crippen LogP) is 11.9. The van der Waals surface area contributed by atoms with Gasteiger partial charge in [-0.05, 0) is 97.1 Å². The third kappa shape index (κ3) is 9.25. The van der Waals surface area contributed by atoms with Crippen molar-refractivity contribution in [1.29, 1.82) is 0 Å². The van der Waals surface area contributed by atoms with E-state index in [4.69, 9.17) is 113 Å². The molecule has 4 aromatic rings. The number of allylic oxidation sites excluding steroid dienone is 12. The maximum absolute atomic E-state index is 12.7. The van der Waals surface area contributed by atoms with E-state index in [1.54, 1.807) is 0 Å². The van der Waals surface area contributed by atoms with Gasteiger partial charge in [0.05, 0.1) is 85.8 Å². The fourth-order valence-electron chi connectivity index (χ4n) is 7.96. The van der Waals surface area contributed by atoms with E-state index in [1.807, 2.05) is 0 Å². The second-order valence-corrected chi connectivity index (χ2v) is 23.9. The third-order valence-corrected chi connectivity index (χ3v) is 17.8. The lowest BCUT2D eigenvalue weighted by atomic mass is 9.98. The van der Waals surface area contributed by atoms with E-state index in [0.717, 1.165) is 48.5 Å². The van der Waals surface area contributed by atoms with Crippen molar-refractivity contribution in [3.63, 3.8) is 0 Å². The van der Waals surface area contributed by atoms with Gasteiger partial charge in [0.25, 0.3) is 40.5 Å². The van der Waals surface area contributed by atoms with Crippen LogP contribution in [0.1, 0.15) is 22.3 Å². The Morgan fingerprint density at radius 2 is 0.472 bits per heavy atom. The van der Waals surface area contributed by atoms with Crippen molar-refractivity contribution in [1.82, 2.24) is 0 Å². The molecule has 0 unspecified atom stereocenters. The summed E-state index contributed by atoms with van der Waals surface area (Å²) in [6.07, 6.45) is 11.1. The van der Waals surface area contributed by atoms with E-state index in [2.05, 4.69) is 0 Å². The van der Waals surface area contributed by atoms with Crippen LogP contribution in [-0.4, -0.2) is 74.7 Å². The highest BCUT2D eigenvalue weighted by Gasteiger charge is 2.35. The van der Waals surface area contributed by atoms with Crippen LogP contribution in [0.4, 0.5) is 0 Å². The van der Waals surface area contributed by atoms with Crippen LogP contribution in [0.25, 0.3) is 22.3 Å². The molecule has 0 saturated heterocycles. The summed E-state index contributed by atoms with van der Waals surface area (Å²) in [7, 11) is -20.1. The van der Waals surface area contributed by atoms with Crippen molar-refractivity contribution >= 4 is 178 Å². The van der Waals surface area contributed by atoms with Gasteiger partial charge in [-0.15, -0.1) is 0 Å². The fraction of sp³-hybridized carbons (Fsp3) is 0. The number of aliphatic imine (C=N–C) groups is 4. The van der Waals surface area contributed by atoms with E-state index in [1.165, 1.54) is 48.6 Å². The number of hydrogen-bond donors (Lipinski definition) is 4. The zero-order valence-electron chi connectivity index (χ0n) is 34.7. The third-order valence-electron chi connectivity index (χ3n) is 10.9. The molecule has 0 saturated carbocycles. The van der Waals surface area contributed by atoms with Crippen molar-refractivity contribution in [2.24, 2.45) is 20.0 Å². The number of rotatable bonds is 8. The lowest BCUT2D eigenvalue weighted by Gasteiger charge is -2.17. The van der Waals surface area contributed by atoms with E-state index in [0.29, 0.717) is 0 Å². The smallest absolute Gasteiger partial charge is 0.282 e. The minimum Gasteiger partial charge on any atom is -0.282 e. The summed E-state index contributed by atoms with van der Waals surface area (Å²) in [5.74, 6) is 0. The summed E-state index contributed by atoms with van der Waals surface area (Å²) in [5.41, 5.74) is -2.16. The summed E-state index contributed by atoms with van der Waals surface area (Å²) in [4.78, 5) is 16.3. The molecule has 16 nitrogen and oxygen atoms in total. The molecular weight excluding hydrogens is 1190 g/mol. The highest BCUT2D eigenvalue weighted by molar-refractivity contribution is 7.86. The standard InChI is InChI=1S/C44H20Cl8N4O12S4/c45-17-1-13-29(69(57,58)59)41(49)33(17)37-21-5-7-23(53-21)38(34-18(46)2-14-30(42(34)50)70(60,61)62)25-9-11-27(55-25)40(36-20(48)4-16-32(44(36)52)72(66,67)68)28-12-10-26(56-28)39(24-8-6-22(37)54-24)35-19(47)3-15-31(43(35)51)71(63,64)65/h1-16H,(H,57,58,59)(H,60,61,62)(H,63,64,65)(H,66,67,68). The Labute approximate surface area is 448 Å². The molecule has 5 heterocycles.